The summed E-state index contributed by atoms with van der Waals surface area (Å²) in [5.41, 5.74) is 6.54. The highest BCUT2D eigenvalue weighted by atomic mass is 16.2. The summed E-state index contributed by atoms with van der Waals surface area (Å²) in [7, 11) is 0. The van der Waals surface area contributed by atoms with E-state index in [-0.39, 0.29) is 12.1 Å². The van der Waals surface area contributed by atoms with Gasteiger partial charge in [0, 0.05) is 17.6 Å². The van der Waals surface area contributed by atoms with Crippen LogP contribution >= 0.6 is 0 Å². The van der Waals surface area contributed by atoms with Gasteiger partial charge in [0.25, 0.3) is 0 Å². The molecule has 2 aromatic carbocycles. The zero-order valence-corrected chi connectivity index (χ0v) is 16.1. The quantitative estimate of drug-likeness (QED) is 0.636. The lowest BCUT2D eigenvalue weighted by Gasteiger charge is -2.30. The number of aromatic nitrogens is 1. The Kier molecular flexibility index (Phi) is 4.48. The third-order valence-corrected chi connectivity index (χ3v) is 5.37. The zero-order chi connectivity index (χ0) is 19.0. The molecule has 138 valence electrons. The Balaban J connectivity index is 1.74. The smallest absolute Gasteiger partial charge is 0.318 e. The van der Waals surface area contributed by atoms with Crippen LogP contribution in [0.4, 0.5) is 10.5 Å². The van der Waals surface area contributed by atoms with Gasteiger partial charge in [-0.15, -0.1) is 0 Å². The summed E-state index contributed by atoms with van der Waals surface area (Å²) in [6.07, 6.45) is 2.95. The molecule has 4 rings (SSSR count). The molecule has 0 saturated carbocycles. The van der Waals surface area contributed by atoms with Crippen molar-refractivity contribution in [3.05, 3.63) is 83.2 Å². The number of nitrogens with one attached hydrogen (secondary N) is 1. The van der Waals surface area contributed by atoms with Crippen molar-refractivity contribution in [2.45, 2.75) is 39.8 Å². The summed E-state index contributed by atoms with van der Waals surface area (Å²) in [5.74, 6) is 0. The maximum absolute atomic E-state index is 13.3. The standard InChI is InChI=1S/C23H25N3O/c1-4-20-22-10-7-13-25(22)21-9-6-5-8-18(21)15-26(20)23(27)24-19-14-16(2)11-12-17(19)3/h5-14,20H,4,15H2,1-3H3,(H,24,27). The van der Waals surface area contributed by atoms with Gasteiger partial charge in [-0.3, -0.25) is 0 Å². The Bertz CT molecular complexity index is 989. The minimum atomic E-state index is -0.0556. The minimum absolute atomic E-state index is 0.0255. The molecule has 27 heavy (non-hydrogen) atoms. The molecule has 0 fully saturated rings. The van der Waals surface area contributed by atoms with E-state index in [2.05, 4.69) is 59.4 Å². The average molecular weight is 359 g/mol. The van der Waals surface area contributed by atoms with Crippen LogP contribution in [0.1, 0.15) is 41.8 Å². The van der Waals surface area contributed by atoms with Crippen LogP contribution in [-0.4, -0.2) is 15.5 Å². The van der Waals surface area contributed by atoms with E-state index in [0.29, 0.717) is 6.54 Å². The van der Waals surface area contributed by atoms with Crippen LogP contribution in [0.15, 0.2) is 60.8 Å². The molecular weight excluding hydrogens is 334 g/mol. The zero-order valence-electron chi connectivity index (χ0n) is 16.1. The molecule has 0 saturated heterocycles. The Morgan fingerprint density at radius 3 is 2.74 bits per heavy atom. The molecule has 1 aliphatic heterocycles. The number of benzene rings is 2. The third-order valence-electron chi connectivity index (χ3n) is 5.37. The first-order valence-electron chi connectivity index (χ1n) is 9.49. The number of fused-ring (bicyclic) bond motifs is 3. The number of carbonyl (C=O) groups excluding carboxylic acids is 1. The number of hydrogen-bond acceptors (Lipinski definition) is 1. The topological polar surface area (TPSA) is 37.3 Å². The fourth-order valence-electron chi connectivity index (χ4n) is 3.92. The predicted octanol–water partition coefficient (Wildman–Crippen LogP) is 5.59. The van der Waals surface area contributed by atoms with E-state index in [1.807, 2.05) is 36.9 Å². The van der Waals surface area contributed by atoms with Crippen molar-refractivity contribution in [1.82, 2.24) is 9.47 Å². The summed E-state index contributed by atoms with van der Waals surface area (Å²) in [4.78, 5) is 15.3. The highest BCUT2D eigenvalue weighted by Crippen LogP contribution is 2.34. The maximum atomic E-state index is 13.3. The molecule has 1 unspecified atom stereocenters. The van der Waals surface area contributed by atoms with E-state index >= 15 is 0 Å². The molecule has 1 atom stereocenters. The lowest BCUT2D eigenvalue weighted by atomic mass is 10.1. The van der Waals surface area contributed by atoms with Crippen molar-refractivity contribution in [3.63, 3.8) is 0 Å². The van der Waals surface area contributed by atoms with Gasteiger partial charge in [0.2, 0.25) is 0 Å². The molecule has 2 amide bonds. The van der Waals surface area contributed by atoms with Crippen molar-refractivity contribution < 1.29 is 4.79 Å². The molecule has 1 N–H and O–H groups in total. The average Bonchev–Trinajstić information content (AvgIpc) is 3.09. The van der Waals surface area contributed by atoms with Crippen LogP contribution in [-0.2, 0) is 6.54 Å². The molecule has 0 bridgehead atoms. The molecule has 2 heterocycles. The van der Waals surface area contributed by atoms with E-state index in [9.17, 15) is 4.79 Å². The van der Waals surface area contributed by atoms with Crippen LogP contribution in [0.3, 0.4) is 0 Å². The fraction of sp³-hybridized carbons (Fsp3) is 0.261. The summed E-state index contributed by atoms with van der Waals surface area (Å²) >= 11 is 0. The van der Waals surface area contributed by atoms with E-state index < -0.39 is 0 Å². The van der Waals surface area contributed by atoms with Gasteiger partial charge >= 0.3 is 6.03 Å². The Labute approximate surface area is 160 Å². The van der Waals surface area contributed by atoms with Crippen molar-refractivity contribution >= 4 is 11.7 Å². The van der Waals surface area contributed by atoms with Gasteiger partial charge in [0.1, 0.15) is 0 Å². The minimum Gasteiger partial charge on any atom is -0.318 e. The van der Waals surface area contributed by atoms with Gasteiger partial charge < -0.3 is 14.8 Å². The van der Waals surface area contributed by atoms with Gasteiger partial charge in [0.15, 0.2) is 0 Å². The predicted molar refractivity (Wildman–Crippen MR) is 109 cm³/mol. The number of amides is 2. The molecule has 0 spiro atoms. The summed E-state index contributed by atoms with van der Waals surface area (Å²) < 4.78 is 2.22. The number of para-hydroxylation sites is 1. The fourth-order valence-corrected chi connectivity index (χ4v) is 3.92. The van der Waals surface area contributed by atoms with Crippen LogP contribution in [0.2, 0.25) is 0 Å². The molecule has 4 heteroatoms. The lowest BCUT2D eigenvalue weighted by Crippen LogP contribution is -2.37. The number of rotatable bonds is 2. The molecule has 1 aliphatic rings. The molecule has 0 aliphatic carbocycles. The summed E-state index contributed by atoms with van der Waals surface area (Å²) in [6, 6.07) is 18.6. The largest absolute Gasteiger partial charge is 0.322 e. The first kappa shape index (κ1) is 17.4. The SMILES string of the molecule is CCC1c2cccn2-c2ccccc2CN1C(=O)Nc1cc(C)ccc1C. The molecular formula is C23H25N3O. The van der Waals surface area contributed by atoms with Crippen molar-refractivity contribution in [1.29, 1.82) is 0 Å². The van der Waals surface area contributed by atoms with Gasteiger partial charge in [-0.25, -0.2) is 4.79 Å². The van der Waals surface area contributed by atoms with E-state index in [4.69, 9.17) is 0 Å². The number of aryl methyl sites for hydroxylation is 2. The monoisotopic (exact) mass is 359 g/mol. The Morgan fingerprint density at radius 1 is 1.11 bits per heavy atom. The first-order valence-corrected chi connectivity index (χ1v) is 9.49. The van der Waals surface area contributed by atoms with Gasteiger partial charge in [-0.1, -0.05) is 37.3 Å². The van der Waals surface area contributed by atoms with Crippen LogP contribution < -0.4 is 5.32 Å². The second-order valence-electron chi connectivity index (χ2n) is 7.23. The van der Waals surface area contributed by atoms with Crippen LogP contribution in [0.25, 0.3) is 5.69 Å². The Hall–Kier alpha value is -3.01. The second-order valence-corrected chi connectivity index (χ2v) is 7.23. The third kappa shape index (κ3) is 3.12. The summed E-state index contributed by atoms with van der Waals surface area (Å²) in [5, 5.41) is 3.14. The number of urea groups is 1. The Morgan fingerprint density at radius 2 is 1.93 bits per heavy atom. The number of carbonyl (C=O) groups is 1. The van der Waals surface area contributed by atoms with E-state index in [0.717, 1.165) is 40.2 Å². The van der Waals surface area contributed by atoms with Crippen LogP contribution in [0, 0.1) is 13.8 Å². The first-order chi connectivity index (χ1) is 13.1. The number of hydrogen-bond donors (Lipinski definition) is 1. The second kappa shape index (κ2) is 6.95. The van der Waals surface area contributed by atoms with E-state index in [1.54, 1.807) is 0 Å². The van der Waals surface area contributed by atoms with E-state index in [1.165, 1.54) is 0 Å². The van der Waals surface area contributed by atoms with Crippen molar-refractivity contribution in [3.8, 4) is 5.69 Å². The highest BCUT2D eigenvalue weighted by molar-refractivity contribution is 5.90. The molecule has 1 aromatic heterocycles. The molecule has 3 aromatic rings. The van der Waals surface area contributed by atoms with Crippen molar-refractivity contribution in [2.75, 3.05) is 5.32 Å². The maximum Gasteiger partial charge on any atom is 0.322 e. The van der Waals surface area contributed by atoms with Crippen LogP contribution in [0.5, 0.6) is 0 Å². The normalized spacial score (nSPS) is 15.7. The molecule has 4 nitrogen and oxygen atoms in total. The lowest BCUT2D eigenvalue weighted by molar-refractivity contribution is 0.181. The highest BCUT2D eigenvalue weighted by Gasteiger charge is 2.30. The van der Waals surface area contributed by atoms with Gasteiger partial charge in [0.05, 0.1) is 18.3 Å². The number of anilines is 1. The molecule has 0 radical (unpaired) electrons. The van der Waals surface area contributed by atoms with Crippen molar-refractivity contribution in [2.24, 2.45) is 0 Å². The van der Waals surface area contributed by atoms with Gasteiger partial charge in [-0.05, 0) is 61.2 Å². The number of nitrogens with zero attached hydrogens (tertiary/aromatic N) is 2. The van der Waals surface area contributed by atoms with Gasteiger partial charge in [-0.2, -0.15) is 0 Å². The summed E-state index contributed by atoms with van der Waals surface area (Å²) in [6.45, 7) is 6.79.